The van der Waals surface area contributed by atoms with E-state index in [1.54, 1.807) is 0 Å². The summed E-state index contributed by atoms with van der Waals surface area (Å²) in [6, 6.07) is 2.53. The van der Waals surface area contributed by atoms with Gasteiger partial charge in [-0.15, -0.1) is 0 Å². The third-order valence-electron chi connectivity index (χ3n) is 3.05. The zero-order chi connectivity index (χ0) is 9.47. The van der Waals surface area contributed by atoms with E-state index < -0.39 is 0 Å². The number of aryl methyl sites for hydroxylation is 1. The molecule has 0 spiro atoms. The Morgan fingerprint density at radius 1 is 1.62 bits per heavy atom. The van der Waals surface area contributed by atoms with Gasteiger partial charge in [0, 0.05) is 13.2 Å². The molecule has 1 unspecified atom stereocenters. The summed E-state index contributed by atoms with van der Waals surface area (Å²) in [6.07, 6.45) is 4.63. The first-order chi connectivity index (χ1) is 6.15. The van der Waals surface area contributed by atoms with E-state index in [2.05, 4.69) is 23.4 Å². The normalized spacial score (nSPS) is 21.5. The van der Waals surface area contributed by atoms with Crippen LogP contribution in [0.25, 0.3) is 0 Å². The maximum atomic E-state index is 4.44. The van der Waals surface area contributed by atoms with Crippen molar-refractivity contribution in [2.24, 2.45) is 12.5 Å². The molecule has 1 fully saturated rings. The van der Waals surface area contributed by atoms with Crippen LogP contribution in [0.4, 0.5) is 0 Å². The predicted octanol–water partition coefficient (Wildman–Crippen LogP) is 1.48. The first-order valence-electron chi connectivity index (χ1n) is 4.82. The summed E-state index contributed by atoms with van der Waals surface area (Å²) >= 11 is 0. The number of hydrogen-bond donors (Lipinski definition) is 1. The van der Waals surface area contributed by atoms with Gasteiger partial charge < -0.3 is 5.32 Å². The number of rotatable bonds is 3. The first kappa shape index (κ1) is 8.75. The SMILES string of the molecule is CNC(c1ccn(C)n1)C1(C)CC1. The maximum absolute atomic E-state index is 4.44. The lowest BCUT2D eigenvalue weighted by atomic mass is 9.96. The van der Waals surface area contributed by atoms with E-state index in [9.17, 15) is 0 Å². The van der Waals surface area contributed by atoms with Gasteiger partial charge in [-0.25, -0.2) is 0 Å². The highest BCUT2D eigenvalue weighted by Crippen LogP contribution is 2.53. The molecule has 0 aromatic carbocycles. The van der Waals surface area contributed by atoms with Crippen LogP contribution in [-0.2, 0) is 7.05 Å². The van der Waals surface area contributed by atoms with E-state index in [1.165, 1.54) is 18.5 Å². The lowest BCUT2D eigenvalue weighted by molar-refractivity contribution is 0.379. The average molecular weight is 179 g/mol. The van der Waals surface area contributed by atoms with Gasteiger partial charge in [-0.2, -0.15) is 5.10 Å². The second-order valence-corrected chi connectivity index (χ2v) is 4.29. The number of nitrogens with zero attached hydrogens (tertiary/aromatic N) is 2. The molecule has 1 atom stereocenters. The lowest BCUT2D eigenvalue weighted by Crippen LogP contribution is -2.25. The minimum atomic E-state index is 0.425. The van der Waals surface area contributed by atoms with E-state index in [0.29, 0.717) is 11.5 Å². The predicted molar refractivity (Wildman–Crippen MR) is 52.3 cm³/mol. The van der Waals surface area contributed by atoms with Crippen LogP contribution in [0.1, 0.15) is 31.5 Å². The number of nitrogens with one attached hydrogen (secondary N) is 1. The maximum Gasteiger partial charge on any atom is 0.0799 e. The van der Waals surface area contributed by atoms with Gasteiger partial charge in [-0.1, -0.05) is 6.92 Å². The molecule has 1 saturated carbocycles. The molecule has 1 N–H and O–H groups in total. The number of aromatic nitrogens is 2. The van der Waals surface area contributed by atoms with E-state index in [-0.39, 0.29) is 0 Å². The Hall–Kier alpha value is -0.830. The molecule has 1 aromatic rings. The van der Waals surface area contributed by atoms with E-state index in [0.717, 1.165) is 0 Å². The summed E-state index contributed by atoms with van der Waals surface area (Å²) in [5.41, 5.74) is 1.62. The van der Waals surface area contributed by atoms with Crippen molar-refractivity contribution in [2.75, 3.05) is 7.05 Å². The van der Waals surface area contributed by atoms with Crippen molar-refractivity contribution in [3.8, 4) is 0 Å². The summed E-state index contributed by atoms with van der Waals surface area (Å²) in [5.74, 6) is 0. The summed E-state index contributed by atoms with van der Waals surface area (Å²) < 4.78 is 1.87. The topological polar surface area (TPSA) is 29.9 Å². The Balaban J connectivity index is 2.22. The summed E-state index contributed by atoms with van der Waals surface area (Å²) in [7, 11) is 3.98. The molecule has 3 nitrogen and oxygen atoms in total. The Kier molecular flexibility index (Phi) is 1.91. The third kappa shape index (κ3) is 1.48. The Bertz CT molecular complexity index is 299. The van der Waals surface area contributed by atoms with Crippen molar-refractivity contribution in [3.05, 3.63) is 18.0 Å². The van der Waals surface area contributed by atoms with Crippen LogP contribution in [0, 0.1) is 5.41 Å². The van der Waals surface area contributed by atoms with Crippen molar-refractivity contribution in [2.45, 2.75) is 25.8 Å². The molecule has 1 aliphatic rings. The van der Waals surface area contributed by atoms with Crippen LogP contribution < -0.4 is 5.32 Å². The molecule has 0 bridgehead atoms. The van der Waals surface area contributed by atoms with Crippen LogP contribution in [0.2, 0.25) is 0 Å². The van der Waals surface area contributed by atoms with E-state index in [4.69, 9.17) is 0 Å². The van der Waals surface area contributed by atoms with Crippen molar-refractivity contribution in [1.29, 1.82) is 0 Å². The van der Waals surface area contributed by atoms with E-state index in [1.807, 2.05) is 25.0 Å². The molecule has 3 heteroatoms. The highest BCUT2D eigenvalue weighted by atomic mass is 15.3. The van der Waals surface area contributed by atoms with Crippen LogP contribution >= 0.6 is 0 Å². The quantitative estimate of drug-likeness (QED) is 0.761. The van der Waals surface area contributed by atoms with Crippen LogP contribution in [0.3, 0.4) is 0 Å². The van der Waals surface area contributed by atoms with E-state index >= 15 is 0 Å². The third-order valence-corrected chi connectivity index (χ3v) is 3.05. The Morgan fingerprint density at radius 3 is 2.69 bits per heavy atom. The van der Waals surface area contributed by atoms with Crippen LogP contribution in [-0.4, -0.2) is 16.8 Å². The molecular weight excluding hydrogens is 162 g/mol. The molecule has 1 heterocycles. The molecule has 2 rings (SSSR count). The molecular formula is C10H17N3. The smallest absolute Gasteiger partial charge is 0.0799 e. The zero-order valence-corrected chi connectivity index (χ0v) is 8.54. The van der Waals surface area contributed by atoms with Gasteiger partial charge in [-0.3, -0.25) is 4.68 Å². The zero-order valence-electron chi connectivity index (χ0n) is 8.54. The second-order valence-electron chi connectivity index (χ2n) is 4.29. The van der Waals surface area contributed by atoms with Gasteiger partial charge in [0.05, 0.1) is 11.7 Å². The highest BCUT2D eigenvalue weighted by molar-refractivity contribution is 5.14. The van der Waals surface area contributed by atoms with Gasteiger partial charge >= 0.3 is 0 Å². The molecule has 0 radical (unpaired) electrons. The fraction of sp³-hybridized carbons (Fsp3) is 0.700. The van der Waals surface area contributed by atoms with Crippen molar-refractivity contribution in [3.63, 3.8) is 0 Å². The van der Waals surface area contributed by atoms with Gasteiger partial charge in [0.25, 0.3) is 0 Å². The molecule has 1 aliphatic carbocycles. The first-order valence-corrected chi connectivity index (χ1v) is 4.82. The number of hydrogen-bond acceptors (Lipinski definition) is 2. The molecule has 1 aromatic heterocycles. The highest BCUT2D eigenvalue weighted by Gasteiger charge is 2.45. The van der Waals surface area contributed by atoms with Gasteiger partial charge in [0.15, 0.2) is 0 Å². The molecule has 0 aliphatic heterocycles. The molecule has 72 valence electrons. The fourth-order valence-corrected chi connectivity index (χ4v) is 1.93. The molecule has 0 saturated heterocycles. The Labute approximate surface area is 79.1 Å². The summed E-state index contributed by atoms with van der Waals surface area (Å²) in [4.78, 5) is 0. The lowest BCUT2D eigenvalue weighted by Gasteiger charge is -2.20. The van der Waals surface area contributed by atoms with Gasteiger partial charge in [0.1, 0.15) is 0 Å². The molecule has 13 heavy (non-hydrogen) atoms. The van der Waals surface area contributed by atoms with Crippen molar-refractivity contribution < 1.29 is 0 Å². The fourth-order valence-electron chi connectivity index (χ4n) is 1.93. The summed E-state index contributed by atoms with van der Waals surface area (Å²) in [5, 5.41) is 7.80. The largest absolute Gasteiger partial charge is 0.311 e. The van der Waals surface area contributed by atoms with Crippen molar-refractivity contribution in [1.82, 2.24) is 15.1 Å². The van der Waals surface area contributed by atoms with Crippen LogP contribution in [0.5, 0.6) is 0 Å². The van der Waals surface area contributed by atoms with Crippen LogP contribution in [0.15, 0.2) is 12.3 Å². The summed E-state index contributed by atoms with van der Waals surface area (Å²) in [6.45, 7) is 2.32. The second kappa shape index (κ2) is 2.84. The average Bonchev–Trinajstić information content (AvgIpc) is 2.67. The Morgan fingerprint density at radius 2 is 2.31 bits per heavy atom. The van der Waals surface area contributed by atoms with Gasteiger partial charge in [-0.05, 0) is 31.4 Å². The minimum absolute atomic E-state index is 0.425. The van der Waals surface area contributed by atoms with Crippen molar-refractivity contribution >= 4 is 0 Å². The minimum Gasteiger partial charge on any atom is -0.311 e. The standard InChI is InChI=1S/C10H17N3/c1-10(5-6-10)9(11-2)8-4-7-13(3)12-8/h4,7,9,11H,5-6H2,1-3H3. The monoisotopic (exact) mass is 179 g/mol. The van der Waals surface area contributed by atoms with Gasteiger partial charge in [0.2, 0.25) is 0 Å². The molecule has 0 amide bonds.